The number of anilines is 1. The van der Waals surface area contributed by atoms with Crippen molar-refractivity contribution in [3.05, 3.63) is 58.8 Å². The number of aromatic nitrogens is 5. The van der Waals surface area contributed by atoms with Crippen molar-refractivity contribution in [2.45, 2.75) is 13.5 Å². The van der Waals surface area contributed by atoms with Crippen molar-refractivity contribution in [2.24, 2.45) is 0 Å². The Kier molecular flexibility index (Phi) is 4.03. The van der Waals surface area contributed by atoms with Gasteiger partial charge < -0.3 is 10.1 Å². The average molecular weight is 364 g/mol. The molecule has 136 valence electrons. The Bertz CT molecular complexity index is 1210. The second-order valence-corrected chi connectivity index (χ2v) is 5.92. The molecule has 0 saturated heterocycles. The number of carbonyl (C=O) groups excluding carboxylic acids is 1. The minimum Gasteiger partial charge on any atom is -0.497 e. The number of amides is 1. The molecule has 0 bridgehead atoms. The zero-order chi connectivity index (χ0) is 19.0. The van der Waals surface area contributed by atoms with Gasteiger partial charge in [0.1, 0.15) is 18.1 Å². The van der Waals surface area contributed by atoms with Crippen LogP contribution in [-0.4, -0.2) is 37.2 Å². The van der Waals surface area contributed by atoms with Crippen molar-refractivity contribution in [1.82, 2.24) is 24.1 Å². The van der Waals surface area contributed by atoms with E-state index >= 15 is 0 Å². The van der Waals surface area contributed by atoms with Gasteiger partial charge in [-0.25, -0.2) is 4.98 Å². The summed E-state index contributed by atoms with van der Waals surface area (Å²) < 4.78 is 8.04. The monoisotopic (exact) mass is 364 g/mol. The first-order chi connectivity index (χ1) is 13.1. The Morgan fingerprint density at radius 3 is 2.67 bits per heavy atom. The van der Waals surface area contributed by atoms with Crippen LogP contribution in [0.15, 0.2) is 47.4 Å². The lowest BCUT2D eigenvalue weighted by molar-refractivity contribution is -0.116. The summed E-state index contributed by atoms with van der Waals surface area (Å²) in [6.07, 6.45) is 1.62. The van der Waals surface area contributed by atoms with E-state index in [9.17, 15) is 9.59 Å². The Hall–Kier alpha value is -3.75. The van der Waals surface area contributed by atoms with Gasteiger partial charge in [0.15, 0.2) is 5.65 Å². The van der Waals surface area contributed by atoms with Crippen LogP contribution in [-0.2, 0) is 11.3 Å². The summed E-state index contributed by atoms with van der Waals surface area (Å²) in [6, 6.07) is 10.4. The van der Waals surface area contributed by atoms with Gasteiger partial charge >= 0.3 is 0 Å². The minimum absolute atomic E-state index is 0.135. The van der Waals surface area contributed by atoms with Crippen molar-refractivity contribution in [3.8, 4) is 5.75 Å². The van der Waals surface area contributed by atoms with Crippen LogP contribution in [0.2, 0.25) is 0 Å². The van der Waals surface area contributed by atoms with Crippen molar-refractivity contribution in [1.29, 1.82) is 0 Å². The summed E-state index contributed by atoms with van der Waals surface area (Å²) in [7, 11) is 1.57. The molecule has 0 aliphatic heterocycles. The number of rotatable bonds is 4. The van der Waals surface area contributed by atoms with Crippen LogP contribution < -0.4 is 15.6 Å². The molecule has 4 aromatic rings. The van der Waals surface area contributed by atoms with Crippen LogP contribution in [0.4, 0.5) is 5.69 Å². The molecule has 1 amide bonds. The van der Waals surface area contributed by atoms with Crippen LogP contribution in [0, 0.1) is 6.92 Å². The number of fused-ring (bicyclic) bond motifs is 3. The second kappa shape index (κ2) is 6.52. The topological polar surface area (TPSA) is 103 Å². The maximum absolute atomic E-state index is 12.8. The number of methoxy groups -OCH3 is 1. The third-order valence-electron chi connectivity index (χ3n) is 4.21. The standard InChI is InChI=1S/C18H16N6O3/c1-11-21-22-17-18(26)23(14-4-3-9-19-16(14)24(11)17)10-15(25)20-12-5-7-13(27-2)8-6-12/h3-9H,10H2,1-2H3,(H,20,25). The van der Waals surface area contributed by atoms with Gasteiger partial charge in [-0.05, 0) is 43.3 Å². The van der Waals surface area contributed by atoms with Crippen LogP contribution in [0.1, 0.15) is 5.82 Å². The van der Waals surface area contributed by atoms with Crippen LogP contribution in [0.25, 0.3) is 16.8 Å². The summed E-state index contributed by atoms with van der Waals surface area (Å²) in [4.78, 5) is 29.7. The average Bonchev–Trinajstić information content (AvgIpc) is 3.08. The fraction of sp³-hybridized carbons (Fsp3) is 0.167. The van der Waals surface area contributed by atoms with Crippen molar-refractivity contribution < 1.29 is 9.53 Å². The number of benzene rings is 1. The van der Waals surface area contributed by atoms with E-state index in [1.165, 1.54) is 4.57 Å². The van der Waals surface area contributed by atoms with E-state index < -0.39 is 5.56 Å². The van der Waals surface area contributed by atoms with E-state index in [-0.39, 0.29) is 18.1 Å². The van der Waals surface area contributed by atoms with Gasteiger partial charge in [-0.1, -0.05) is 0 Å². The fourth-order valence-corrected chi connectivity index (χ4v) is 2.93. The molecule has 0 spiro atoms. The predicted molar refractivity (Wildman–Crippen MR) is 98.9 cm³/mol. The molecule has 1 N–H and O–H groups in total. The highest BCUT2D eigenvalue weighted by Crippen LogP contribution is 2.16. The van der Waals surface area contributed by atoms with Gasteiger partial charge in [0.25, 0.3) is 5.56 Å². The smallest absolute Gasteiger partial charge is 0.297 e. The molecule has 0 aliphatic rings. The minimum atomic E-state index is -0.402. The highest BCUT2D eigenvalue weighted by molar-refractivity contribution is 5.91. The van der Waals surface area contributed by atoms with Crippen LogP contribution >= 0.6 is 0 Å². The van der Waals surface area contributed by atoms with E-state index in [4.69, 9.17) is 4.74 Å². The molecule has 0 atom stereocenters. The summed E-state index contributed by atoms with van der Waals surface area (Å²) in [5.41, 5.74) is 1.39. The first-order valence-electron chi connectivity index (χ1n) is 8.21. The van der Waals surface area contributed by atoms with Crippen LogP contribution in [0.3, 0.4) is 0 Å². The highest BCUT2D eigenvalue weighted by Gasteiger charge is 2.17. The first-order valence-corrected chi connectivity index (χ1v) is 8.21. The number of ether oxygens (including phenoxy) is 1. The van der Waals surface area contributed by atoms with E-state index in [2.05, 4.69) is 20.5 Å². The SMILES string of the molecule is COc1ccc(NC(=O)Cn2c(=O)c3nnc(C)n3c3ncccc32)cc1. The van der Waals surface area contributed by atoms with Crippen LogP contribution in [0.5, 0.6) is 5.75 Å². The number of nitrogens with zero attached hydrogens (tertiary/aromatic N) is 5. The maximum Gasteiger partial charge on any atom is 0.297 e. The van der Waals surface area contributed by atoms with E-state index in [0.29, 0.717) is 28.4 Å². The number of pyridine rings is 1. The molecule has 1 aromatic carbocycles. The van der Waals surface area contributed by atoms with Gasteiger partial charge in [0.05, 0.1) is 12.6 Å². The molecule has 3 heterocycles. The Morgan fingerprint density at radius 2 is 1.93 bits per heavy atom. The Balaban J connectivity index is 1.73. The molecule has 0 fully saturated rings. The molecule has 0 unspecified atom stereocenters. The van der Waals surface area contributed by atoms with Gasteiger partial charge in [0, 0.05) is 11.9 Å². The molecule has 4 rings (SSSR count). The largest absolute Gasteiger partial charge is 0.497 e. The summed E-state index contributed by atoms with van der Waals surface area (Å²) in [5.74, 6) is 0.905. The predicted octanol–water partition coefficient (Wildman–Crippen LogP) is 1.39. The number of aryl methyl sites for hydroxylation is 1. The normalized spacial score (nSPS) is 11.0. The zero-order valence-electron chi connectivity index (χ0n) is 14.7. The lowest BCUT2D eigenvalue weighted by Gasteiger charge is -2.12. The van der Waals surface area contributed by atoms with E-state index in [1.54, 1.807) is 61.0 Å². The van der Waals surface area contributed by atoms with E-state index in [1.807, 2.05) is 0 Å². The summed E-state index contributed by atoms with van der Waals surface area (Å²) >= 11 is 0. The Morgan fingerprint density at radius 1 is 1.15 bits per heavy atom. The number of hydrogen-bond acceptors (Lipinski definition) is 6. The lowest BCUT2D eigenvalue weighted by atomic mass is 10.3. The molecule has 0 radical (unpaired) electrons. The number of carbonyl (C=O) groups is 1. The van der Waals surface area contributed by atoms with Gasteiger partial charge in [0.2, 0.25) is 11.6 Å². The molecular weight excluding hydrogens is 348 g/mol. The number of nitrogens with one attached hydrogen (secondary N) is 1. The van der Waals surface area contributed by atoms with Gasteiger partial charge in [-0.2, -0.15) is 0 Å². The Labute approximate surface area is 153 Å². The van der Waals surface area contributed by atoms with Crippen molar-refractivity contribution in [2.75, 3.05) is 12.4 Å². The molecule has 27 heavy (non-hydrogen) atoms. The number of hydrogen-bond donors (Lipinski definition) is 1. The lowest BCUT2D eigenvalue weighted by Crippen LogP contribution is -2.29. The zero-order valence-corrected chi connectivity index (χ0v) is 14.7. The molecule has 3 aromatic heterocycles. The summed E-state index contributed by atoms with van der Waals surface area (Å²) in [5, 5.41) is 10.7. The van der Waals surface area contributed by atoms with Gasteiger partial charge in [-0.3, -0.25) is 18.6 Å². The van der Waals surface area contributed by atoms with Crippen molar-refractivity contribution >= 4 is 28.4 Å². The molecule has 0 aliphatic carbocycles. The molecule has 0 saturated carbocycles. The third-order valence-corrected chi connectivity index (χ3v) is 4.21. The third kappa shape index (κ3) is 2.88. The highest BCUT2D eigenvalue weighted by atomic mass is 16.5. The first kappa shape index (κ1) is 16.7. The van der Waals surface area contributed by atoms with Crippen molar-refractivity contribution in [3.63, 3.8) is 0 Å². The molecule has 9 heteroatoms. The molecular formula is C18H16N6O3. The maximum atomic E-state index is 12.8. The molecule has 9 nitrogen and oxygen atoms in total. The van der Waals surface area contributed by atoms with E-state index in [0.717, 1.165) is 0 Å². The summed E-state index contributed by atoms with van der Waals surface area (Å²) in [6.45, 7) is 1.57. The van der Waals surface area contributed by atoms with Gasteiger partial charge in [-0.15, -0.1) is 10.2 Å². The fourth-order valence-electron chi connectivity index (χ4n) is 2.93. The second-order valence-electron chi connectivity index (χ2n) is 5.92. The quantitative estimate of drug-likeness (QED) is 0.587.